The Balaban J connectivity index is 2.13. The molecule has 1 aromatic carbocycles. The molecule has 1 atom stereocenters. The van der Waals surface area contributed by atoms with Crippen molar-refractivity contribution < 1.29 is 0 Å². The van der Waals surface area contributed by atoms with E-state index in [0.717, 1.165) is 37.5 Å². The SMILES string of the molecule is Cc1cccc2nc(C(C)Cl)n(N3CCN(C)CC3)c12. The van der Waals surface area contributed by atoms with Gasteiger partial charge in [-0.2, -0.15) is 0 Å². The van der Waals surface area contributed by atoms with E-state index in [0.29, 0.717) is 0 Å². The maximum Gasteiger partial charge on any atom is 0.146 e. The molecule has 5 heteroatoms. The number of fused-ring (bicyclic) bond motifs is 1. The fourth-order valence-electron chi connectivity index (χ4n) is 2.83. The number of benzene rings is 1. The largest absolute Gasteiger partial charge is 0.308 e. The van der Waals surface area contributed by atoms with Crippen molar-refractivity contribution in [2.75, 3.05) is 38.2 Å². The van der Waals surface area contributed by atoms with Gasteiger partial charge in [-0.05, 0) is 32.5 Å². The van der Waals surface area contributed by atoms with Gasteiger partial charge in [0.15, 0.2) is 0 Å². The van der Waals surface area contributed by atoms with Gasteiger partial charge in [0.1, 0.15) is 5.82 Å². The third kappa shape index (κ3) is 2.27. The van der Waals surface area contributed by atoms with Gasteiger partial charge in [-0.3, -0.25) is 0 Å². The summed E-state index contributed by atoms with van der Waals surface area (Å²) in [5, 5.41) is 2.28. The molecular formula is C15H21ClN4. The van der Waals surface area contributed by atoms with Crippen molar-refractivity contribution >= 4 is 22.6 Å². The summed E-state index contributed by atoms with van der Waals surface area (Å²) in [6.07, 6.45) is 0. The molecule has 1 fully saturated rings. The van der Waals surface area contributed by atoms with Crippen molar-refractivity contribution in [2.45, 2.75) is 19.2 Å². The zero-order valence-corrected chi connectivity index (χ0v) is 13.1. The molecule has 1 aliphatic heterocycles. The molecule has 0 radical (unpaired) electrons. The Morgan fingerprint density at radius 3 is 2.55 bits per heavy atom. The van der Waals surface area contributed by atoms with Crippen LogP contribution >= 0.6 is 11.6 Å². The summed E-state index contributed by atoms with van der Waals surface area (Å²) in [6.45, 7) is 8.28. The van der Waals surface area contributed by atoms with Gasteiger partial charge in [0.2, 0.25) is 0 Å². The van der Waals surface area contributed by atoms with E-state index in [1.165, 1.54) is 11.1 Å². The second-order valence-corrected chi connectivity index (χ2v) is 6.25. The van der Waals surface area contributed by atoms with Gasteiger partial charge < -0.3 is 9.91 Å². The molecule has 0 N–H and O–H groups in total. The number of halogens is 1. The molecule has 20 heavy (non-hydrogen) atoms. The number of para-hydroxylation sites is 1. The van der Waals surface area contributed by atoms with Crippen LogP contribution in [0.5, 0.6) is 0 Å². The first kappa shape index (κ1) is 13.7. The molecule has 2 heterocycles. The fourth-order valence-corrected chi connectivity index (χ4v) is 2.98. The van der Waals surface area contributed by atoms with Gasteiger partial charge in [-0.25, -0.2) is 9.66 Å². The average molecular weight is 293 g/mol. The first-order valence-electron chi connectivity index (χ1n) is 7.13. The summed E-state index contributed by atoms with van der Waals surface area (Å²) in [5.74, 6) is 0.945. The first-order chi connectivity index (χ1) is 9.58. The second kappa shape index (κ2) is 5.26. The summed E-state index contributed by atoms with van der Waals surface area (Å²) in [5.41, 5.74) is 3.48. The van der Waals surface area contributed by atoms with Crippen molar-refractivity contribution in [1.82, 2.24) is 14.6 Å². The van der Waals surface area contributed by atoms with Crippen molar-refractivity contribution in [1.29, 1.82) is 0 Å². The lowest BCUT2D eigenvalue weighted by atomic mass is 10.2. The monoisotopic (exact) mass is 292 g/mol. The molecular weight excluding hydrogens is 272 g/mol. The van der Waals surface area contributed by atoms with Gasteiger partial charge in [0, 0.05) is 26.2 Å². The van der Waals surface area contributed by atoms with Crippen LogP contribution in [0.1, 0.15) is 23.7 Å². The highest BCUT2D eigenvalue weighted by molar-refractivity contribution is 6.20. The van der Waals surface area contributed by atoms with Crippen molar-refractivity contribution in [3.05, 3.63) is 29.6 Å². The molecule has 1 unspecified atom stereocenters. The van der Waals surface area contributed by atoms with Gasteiger partial charge in [-0.15, -0.1) is 11.6 Å². The van der Waals surface area contributed by atoms with E-state index >= 15 is 0 Å². The summed E-state index contributed by atoms with van der Waals surface area (Å²) >= 11 is 6.36. The number of aryl methyl sites for hydroxylation is 1. The van der Waals surface area contributed by atoms with E-state index in [1.54, 1.807) is 0 Å². The van der Waals surface area contributed by atoms with Crippen LogP contribution in [0.15, 0.2) is 18.2 Å². The van der Waals surface area contributed by atoms with E-state index in [2.05, 4.69) is 46.8 Å². The Morgan fingerprint density at radius 2 is 1.90 bits per heavy atom. The number of aromatic nitrogens is 2. The third-order valence-electron chi connectivity index (χ3n) is 4.00. The lowest BCUT2D eigenvalue weighted by Crippen LogP contribution is -2.50. The number of hydrogen-bond donors (Lipinski definition) is 0. The molecule has 1 aliphatic rings. The molecule has 0 spiro atoms. The molecule has 2 aromatic rings. The number of piperazine rings is 1. The van der Waals surface area contributed by atoms with Crippen LogP contribution in [0.4, 0.5) is 0 Å². The standard InChI is InChI=1S/C15H21ClN4/c1-11-5-4-6-13-14(11)20(15(17-13)12(2)16)19-9-7-18(3)8-10-19/h4-6,12H,7-10H2,1-3H3. The maximum absolute atomic E-state index is 6.36. The van der Waals surface area contributed by atoms with Crippen LogP contribution in [-0.4, -0.2) is 47.8 Å². The summed E-state index contributed by atoms with van der Waals surface area (Å²) in [6, 6.07) is 6.26. The van der Waals surface area contributed by atoms with Crippen molar-refractivity contribution in [2.24, 2.45) is 0 Å². The normalized spacial score (nSPS) is 18.7. The minimum Gasteiger partial charge on any atom is -0.308 e. The summed E-state index contributed by atoms with van der Waals surface area (Å²) in [7, 11) is 2.17. The number of imidazole rings is 1. The Kier molecular flexibility index (Phi) is 3.61. The predicted molar refractivity (Wildman–Crippen MR) is 84.2 cm³/mol. The highest BCUT2D eigenvalue weighted by Gasteiger charge is 2.23. The predicted octanol–water partition coefficient (Wildman–Crippen LogP) is 2.53. The molecule has 3 rings (SSSR count). The Labute approximate surface area is 124 Å². The van der Waals surface area contributed by atoms with E-state index in [9.17, 15) is 0 Å². The Bertz CT molecular complexity index is 612. The zero-order chi connectivity index (χ0) is 14.3. The fraction of sp³-hybridized carbons (Fsp3) is 0.533. The van der Waals surface area contributed by atoms with Crippen LogP contribution in [-0.2, 0) is 0 Å². The van der Waals surface area contributed by atoms with Crippen molar-refractivity contribution in [3.63, 3.8) is 0 Å². The lowest BCUT2D eigenvalue weighted by molar-refractivity contribution is 0.287. The molecule has 0 bridgehead atoms. The van der Waals surface area contributed by atoms with E-state index in [1.807, 2.05) is 6.92 Å². The number of nitrogens with zero attached hydrogens (tertiary/aromatic N) is 4. The van der Waals surface area contributed by atoms with E-state index in [4.69, 9.17) is 16.6 Å². The van der Waals surface area contributed by atoms with Gasteiger partial charge in [0.05, 0.1) is 16.4 Å². The molecule has 108 valence electrons. The number of alkyl halides is 1. The average Bonchev–Trinajstić information content (AvgIpc) is 2.81. The van der Waals surface area contributed by atoms with Crippen LogP contribution in [0, 0.1) is 6.92 Å². The molecule has 0 aliphatic carbocycles. The van der Waals surface area contributed by atoms with Crippen LogP contribution in [0.2, 0.25) is 0 Å². The molecule has 0 saturated carbocycles. The Morgan fingerprint density at radius 1 is 1.20 bits per heavy atom. The molecule has 4 nitrogen and oxygen atoms in total. The quantitative estimate of drug-likeness (QED) is 0.795. The van der Waals surface area contributed by atoms with Crippen LogP contribution < -0.4 is 5.01 Å². The van der Waals surface area contributed by atoms with Crippen molar-refractivity contribution in [3.8, 4) is 0 Å². The summed E-state index contributed by atoms with van der Waals surface area (Å²) in [4.78, 5) is 7.10. The van der Waals surface area contributed by atoms with Crippen LogP contribution in [0.3, 0.4) is 0 Å². The van der Waals surface area contributed by atoms with E-state index in [-0.39, 0.29) is 5.38 Å². The first-order valence-corrected chi connectivity index (χ1v) is 7.57. The topological polar surface area (TPSA) is 24.3 Å². The van der Waals surface area contributed by atoms with Gasteiger partial charge in [0.25, 0.3) is 0 Å². The second-order valence-electron chi connectivity index (χ2n) is 5.60. The smallest absolute Gasteiger partial charge is 0.146 e. The maximum atomic E-state index is 6.36. The molecule has 0 amide bonds. The number of hydrogen-bond acceptors (Lipinski definition) is 3. The van der Waals surface area contributed by atoms with E-state index < -0.39 is 0 Å². The number of rotatable bonds is 2. The minimum atomic E-state index is -0.0959. The molecule has 1 saturated heterocycles. The minimum absolute atomic E-state index is 0.0959. The molecule has 1 aromatic heterocycles. The third-order valence-corrected chi connectivity index (χ3v) is 4.19. The lowest BCUT2D eigenvalue weighted by Gasteiger charge is -2.36. The Hall–Kier alpha value is -1.26. The highest BCUT2D eigenvalue weighted by Crippen LogP contribution is 2.27. The van der Waals surface area contributed by atoms with Gasteiger partial charge >= 0.3 is 0 Å². The number of likely N-dealkylation sites (N-methyl/N-ethyl adjacent to an activating group) is 1. The zero-order valence-electron chi connectivity index (χ0n) is 12.3. The summed E-state index contributed by atoms with van der Waals surface area (Å²) < 4.78 is 2.25. The van der Waals surface area contributed by atoms with Crippen LogP contribution in [0.25, 0.3) is 11.0 Å². The van der Waals surface area contributed by atoms with Gasteiger partial charge in [-0.1, -0.05) is 12.1 Å². The highest BCUT2D eigenvalue weighted by atomic mass is 35.5.